The third-order valence-electron chi connectivity index (χ3n) is 4.47. The summed E-state index contributed by atoms with van der Waals surface area (Å²) in [5.41, 5.74) is -0.0449. The van der Waals surface area contributed by atoms with Crippen LogP contribution in [-0.2, 0) is 14.2 Å². The molecule has 9 nitrogen and oxygen atoms in total. The van der Waals surface area contributed by atoms with Gasteiger partial charge in [0.05, 0.1) is 25.3 Å². The lowest BCUT2D eigenvalue weighted by molar-refractivity contribution is 0.0531. The first kappa shape index (κ1) is 29.4. The summed E-state index contributed by atoms with van der Waals surface area (Å²) in [5, 5.41) is 5.09. The van der Waals surface area contributed by atoms with E-state index in [2.05, 4.69) is 10.6 Å². The predicted octanol–water partition coefficient (Wildman–Crippen LogP) is 4.98. The number of carbonyl (C=O) groups is 4. The molecule has 0 fully saturated rings. The van der Waals surface area contributed by atoms with E-state index in [0.717, 1.165) is 11.8 Å². The summed E-state index contributed by atoms with van der Waals surface area (Å²) < 4.78 is 28.7. The normalized spacial score (nSPS) is 11.4. The third kappa shape index (κ3) is 9.96. The van der Waals surface area contributed by atoms with E-state index in [0.29, 0.717) is 4.90 Å². The molecule has 0 aliphatic heterocycles. The van der Waals surface area contributed by atoms with Crippen molar-refractivity contribution in [2.75, 3.05) is 31.8 Å². The Labute approximate surface area is 218 Å². The number of carbonyl (C=O) groups excluding carboxylic acids is 4. The molecule has 0 atom stereocenters. The van der Waals surface area contributed by atoms with Gasteiger partial charge in [-0.1, -0.05) is 6.07 Å². The van der Waals surface area contributed by atoms with Gasteiger partial charge in [-0.2, -0.15) is 0 Å². The zero-order valence-corrected chi connectivity index (χ0v) is 22.0. The van der Waals surface area contributed by atoms with Gasteiger partial charge in [0, 0.05) is 28.4 Å². The summed E-state index contributed by atoms with van der Waals surface area (Å²) in [6.07, 6.45) is 0.597. The minimum Gasteiger partial charge on any atom is -0.465 e. The third-order valence-corrected chi connectivity index (χ3v) is 5.48. The Morgan fingerprint density at radius 3 is 2.14 bits per heavy atom. The summed E-state index contributed by atoms with van der Waals surface area (Å²) in [7, 11) is 2.40. The molecule has 0 bridgehead atoms. The Bertz CT molecular complexity index is 1160. The van der Waals surface area contributed by atoms with E-state index in [-0.39, 0.29) is 34.7 Å². The maximum absolute atomic E-state index is 14.2. The van der Waals surface area contributed by atoms with Gasteiger partial charge in [-0.05, 0) is 63.2 Å². The van der Waals surface area contributed by atoms with Crippen LogP contribution in [-0.4, -0.2) is 56.1 Å². The molecule has 0 saturated heterocycles. The summed E-state index contributed by atoms with van der Waals surface area (Å²) in [5.74, 6) is -2.33. The first-order valence-electron chi connectivity index (χ1n) is 11.1. The Balaban J connectivity index is 2.03. The van der Waals surface area contributed by atoms with Gasteiger partial charge < -0.3 is 24.8 Å². The number of halogens is 1. The summed E-state index contributed by atoms with van der Waals surface area (Å²) >= 11 is 1.16. The van der Waals surface area contributed by atoms with E-state index in [1.807, 2.05) is 0 Å². The van der Waals surface area contributed by atoms with Gasteiger partial charge in [-0.25, -0.2) is 18.8 Å². The van der Waals surface area contributed by atoms with Crippen molar-refractivity contribution in [1.82, 2.24) is 5.32 Å². The monoisotopic (exact) mass is 532 g/mol. The van der Waals surface area contributed by atoms with E-state index in [1.165, 1.54) is 38.5 Å². The average molecular weight is 533 g/mol. The van der Waals surface area contributed by atoms with Crippen molar-refractivity contribution in [3.63, 3.8) is 0 Å². The zero-order chi connectivity index (χ0) is 27.6. The molecule has 0 radical (unpaired) electrons. The molecule has 11 heteroatoms. The predicted molar refractivity (Wildman–Crippen MR) is 138 cm³/mol. The van der Waals surface area contributed by atoms with Gasteiger partial charge in [0.25, 0.3) is 5.91 Å². The molecule has 198 valence electrons. The van der Waals surface area contributed by atoms with Crippen LogP contribution in [0.1, 0.15) is 51.8 Å². The summed E-state index contributed by atoms with van der Waals surface area (Å²) in [4.78, 5) is 49.0. The summed E-state index contributed by atoms with van der Waals surface area (Å²) in [6.45, 7) is 5.16. The van der Waals surface area contributed by atoms with Crippen LogP contribution in [0.25, 0.3) is 0 Å². The lowest BCUT2D eigenvalue weighted by atomic mass is 10.1. The molecule has 2 amide bonds. The minimum absolute atomic E-state index is 0.00919. The Morgan fingerprint density at radius 1 is 0.946 bits per heavy atom. The molecule has 2 N–H and O–H groups in total. The quantitative estimate of drug-likeness (QED) is 0.264. The second-order valence-corrected chi connectivity index (χ2v) is 9.64. The van der Waals surface area contributed by atoms with Crippen molar-refractivity contribution in [3.05, 3.63) is 71.1 Å². The topological polar surface area (TPSA) is 120 Å². The van der Waals surface area contributed by atoms with E-state index < -0.39 is 35.4 Å². The molecule has 2 aromatic rings. The number of hydrogen-bond donors (Lipinski definition) is 2. The molecule has 0 saturated carbocycles. The SMILES string of the molecule is COC(=O)c1cc(NC(=O)c2cccc(SC/C(F)=C/CNC(=O)OC(C)(C)C)c2)cc(C(=O)OC)c1. The molecule has 0 aliphatic carbocycles. The number of alkyl carbamates (subject to hydrolysis) is 1. The maximum Gasteiger partial charge on any atom is 0.407 e. The highest BCUT2D eigenvalue weighted by Gasteiger charge is 2.17. The number of esters is 2. The fourth-order valence-corrected chi connectivity index (χ4v) is 3.68. The van der Waals surface area contributed by atoms with Crippen LogP contribution in [0.2, 0.25) is 0 Å². The molecule has 0 unspecified atom stereocenters. The number of hydrogen-bond acceptors (Lipinski definition) is 8. The van der Waals surface area contributed by atoms with Crippen LogP contribution in [0.15, 0.2) is 59.3 Å². The van der Waals surface area contributed by atoms with Crippen LogP contribution in [0.4, 0.5) is 14.9 Å². The van der Waals surface area contributed by atoms with Gasteiger partial charge in [0.1, 0.15) is 11.4 Å². The van der Waals surface area contributed by atoms with Crippen LogP contribution in [0.3, 0.4) is 0 Å². The van der Waals surface area contributed by atoms with Crippen molar-refractivity contribution in [2.45, 2.75) is 31.3 Å². The van der Waals surface area contributed by atoms with Crippen molar-refractivity contribution >= 4 is 41.4 Å². The summed E-state index contributed by atoms with van der Waals surface area (Å²) in [6, 6.07) is 10.6. The number of ether oxygens (including phenoxy) is 3. The van der Waals surface area contributed by atoms with E-state index in [4.69, 9.17) is 14.2 Å². The van der Waals surface area contributed by atoms with Crippen molar-refractivity contribution in [3.8, 4) is 0 Å². The number of methoxy groups -OCH3 is 2. The zero-order valence-electron chi connectivity index (χ0n) is 21.2. The molecule has 0 aliphatic rings. The Hall–Kier alpha value is -3.86. The van der Waals surface area contributed by atoms with E-state index in [9.17, 15) is 23.6 Å². The van der Waals surface area contributed by atoms with Gasteiger partial charge in [0.2, 0.25) is 0 Å². The number of thioether (sulfide) groups is 1. The molecule has 37 heavy (non-hydrogen) atoms. The lowest BCUT2D eigenvalue weighted by Crippen LogP contribution is -2.32. The van der Waals surface area contributed by atoms with Crippen LogP contribution in [0, 0.1) is 0 Å². The van der Waals surface area contributed by atoms with Crippen LogP contribution >= 0.6 is 11.8 Å². The van der Waals surface area contributed by atoms with Crippen LogP contribution in [0.5, 0.6) is 0 Å². The smallest absolute Gasteiger partial charge is 0.407 e. The number of rotatable bonds is 9. The molecule has 2 rings (SSSR count). The molecular formula is C26H29FN2O7S. The molecule has 0 spiro atoms. The number of amides is 2. The number of nitrogens with one attached hydrogen (secondary N) is 2. The highest BCUT2D eigenvalue weighted by molar-refractivity contribution is 7.99. The number of benzene rings is 2. The Kier molecular flexibility index (Phi) is 10.7. The van der Waals surface area contributed by atoms with Crippen molar-refractivity contribution < 1.29 is 37.8 Å². The molecule has 2 aromatic carbocycles. The second kappa shape index (κ2) is 13.4. The number of anilines is 1. The minimum atomic E-state index is -0.684. The van der Waals surface area contributed by atoms with Crippen molar-refractivity contribution in [1.29, 1.82) is 0 Å². The highest BCUT2D eigenvalue weighted by atomic mass is 32.2. The fraction of sp³-hybridized carbons (Fsp3) is 0.308. The van der Waals surface area contributed by atoms with E-state index >= 15 is 0 Å². The first-order valence-corrected chi connectivity index (χ1v) is 12.1. The molecule has 0 aromatic heterocycles. The van der Waals surface area contributed by atoms with E-state index in [1.54, 1.807) is 45.0 Å². The fourth-order valence-electron chi connectivity index (χ4n) is 2.87. The molecular weight excluding hydrogens is 503 g/mol. The largest absolute Gasteiger partial charge is 0.465 e. The van der Waals surface area contributed by atoms with Gasteiger partial charge in [-0.15, -0.1) is 11.8 Å². The molecule has 0 heterocycles. The second-order valence-electron chi connectivity index (χ2n) is 8.59. The van der Waals surface area contributed by atoms with Gasteiger partial charge in [-0.3, -0.25) is 4.79 Å². The lowest BCUT2D eigenvalue weighted by Gasteiger charge is -2.19. The van der Waals surface area contributed by atoms with Crippen molar-refractivity contribution in [2.24, 2.45) is 0 Å². The van der Waals surface area contributed by atoms with Crippen LogP contribution < -0.4 is 10.6 Å². The average Bonchev–Trinajstić information content (AvgIpc) is 2.85. The van der Waals surface area contributed by atoms with Gasteiger partial charge in [0.15, 0.2) is 0 Å². The standard InChI is InChI=1S/C26H29FN2O7S/c1-26(2,3)36-25(33)28-10-9-19(27)15-37-21-8-6-7-16(14-21)22(30)29-20-12-17(23(31)34-4)11-18(13-20)24(32)35-5/h6-9,11-14H,10,15H2,1-5H3,(H,28,33)(H,29,30)/b19-9-. The van der Waals surface area contributed by atoms with Gasteiger partial charge >= 0.3 is 18.0 Å². The first-order chi connectivity index (χ1) is 17.4. The Morgan fingerprint density at radius 2 is 1.57 bits per heavy atom. The highest BCUT2D eigenvalue weighted by Crippen LogP contribution is 2.23. The maximum atomic E-state index is 14.2.